The number of ether oxygens (including phenoxy) is 1. The van der Waals surface area contributed by atoms with Gasteiger partial charge in [-0.2, -0.15) is 5.26 Å². The number of nitrogens with zero attached hydrogens (tertiary/aromatic N) is 1. The molecule has 0 atom stereocenters. The number of benzene rings is 1. The minimum atomic E-state index is 0.347. The molecular formula is C12H12N2OS. The van der Waals surface area contributed by atoms with Crippen LogP contribution in [0.1, 0.15) is 12.5 Å². The van der Waals surface area contributed by atoms with Crippen molar-refractivity contribution in [3.63, 3.8) is 0 Å². The molecular weight excluding hydrogens is 220 g/mol. The summed E-state index contributed by atoms with van der Waals surface area (Å²) < 4.78 is 5.04. The van der Waals surface area contributed by atoms with Crippen molar-refractivity contribution in [2.75, 3.05) is 7.11 Å². The van der Waals surface area contributed by atoms with Gasteiger partial charge in [0.1, 0.15) is 11.8 Å². The topological polar surface area (TPSA) is 59.0 Å². The second-order valence-electron chi connectivity index (χ2n) is 3.19. The summed E-state index contributed by atoms with van der Waals surface area (Å²) in [4.78, 5) is 0.496. The maximum Gasteiger partial charge on any atom is 0.118 e. The Labute approximate surface area is 100 Å². The molecule has 0 aliphatic rings. The minimum absolute atomic E-state index is 0.347. The van der Waals surface area contributed by atoms with Crippen molar-refractivity contribution in [1.82, 2.24) is 0 Å². The molecule has 2 N–H and O–H groups in total. The van der Waals surface area contributed by atoms with Crippen LogP contribution in [0.15, 0.2) is 29.8 Å². The predicted molar refractivity (Wildman–Crippen MR) is 68.0 cm³/mol. The number of thiocarbonyl (C=S) groups is 1. The molecule has 0 heterocycles. The molecule has 0 unspecified atom stereocenters. The number of nitrogens with two attached hydrogens (primary N) is 1. The summed E-state index contributed by atoms with van der Waals surface area (Å²) in [7, 11) is 1.59. The second kappa shape index (κ2) is 5.29. The Morgan fingerprint density at radius 1 is 1.38 bits per heavy atom. The zero-order valence-corrected chi connectivity index (χ0v) is 9.97. The van der Waals surface area contributed by atoms with Crippen molar-refractivity contribution in [3.05, 3.63) is 35.4 Å². The molecule has 0 spiro atoms. The molecule has 0 amide bonds. The molecule has 4 heteroatoms. The molecule has 1 aromatic carbocycles. The van der Waals surface area contributed by atoms with Crippen LogP contribution in [0.5, 0.6) is 5.75 Å². The van der Waals surface area contributed by atoms with Gasteiger partial charge >= 0.3 is 0 Å². The van der Waals surface area contributed by atoms with Crippen molar-refractivity contribution in [1.29, 1.82) is 5.26 Å². The average Bonchev–Trinajstić information content (AvgIpc) is 2.29. The van der Waals surface area contributed by atoms with E-state index in [1.807, 2.05) is 6.07 Å². The number of rotatable bonds is 3. The number of methoxy groups -OCH3 is 1. The SMILES string of the molecule is COc1ccc(/C(N)=C(\C#N)C(C)=S)cc1. The molecule has 1 aromatic rings. The van der Waals surface area contributed by atoms with Crippen LogP contribution < -0.4 is 10.5 Å². The van der Waals surface area contributed by atoms with E-state index in [1.54, 1.807) is 38.3 Å². The van der Waals surface area contributed by atoms with E-state index in [4.69, 9.17) is 28.0 Å². The van der Waals surface area contributed by atoms with Gasteiger partial charge in [-0.25, -0.2) is 0 Å². The smallest absolute Gasteiger partial charge is 0.118 e. The van der Waals surface area contributed by atoms with Crippen molar-refractivity contribution in [2.45, 2.75) is 6.92 Å². The molecule has 3 nitrogen and oxygen atoms in total. The van der Waals surface area contributed by atoms with Crippen LogP contribution in [0.4, 0.5) is 0 Å². The first-order valence-corrected chi connectivity index (χ1v) is 5.06. The van der Waals surface area contributed by atoms with E-state index in [0.717, 1.165) is 11.3 Å². The first-order chi connectivity index (χ1) is 7.60. The summed E-state index contributed by atoms with van der Waals surface area (Å²) >= 11 is 4.96. The fourth-order valence-corrected chi connectivity index (χ4v) is 1.40. The van der Waals surface area contributed by atoms with E-state index < -0.39 is 0 Å². The molecule has 0 saturated heterocycles. The van der Waals surface area contributed by atoms with Crippen molar-refractivity contribution >= 4 is 22.8 Å². The standard InChI is InChI=1S/C12H12N2OS/c1-8(16)11(7-13)12(14)9-3-5-10(15-2)6-4-9/h3-6H,14H2,1-2H3/b12-11-. The van der Waals surface area contributed by atoms with Gasteiger partial charge in [0.25, 0.3) is 0 Å². The van der Waals surface area contributed by atoms with Crippen molar-refractivity contribution in [2.24, 2.45) is 5.73 Å². The summed E-state index contributed by atoms with van der Waals surface area (Å²) in [6.45, 7) is 1.68. The molecule has 1 rings (SSSR count). The van der Waals surface area contributed by atoms with Gasteiger partial charge in [-0.3, -0.25) is 0 Å². The molecule has 0 aromatic heterocycles. The first kappa shape index (κ1) is 12.2. The number of nitriles is 1. The Hall–Kier alpha value is -1.86. The summed E-state index contributed by atoms with van der Waals surface area (Å²) in [6.07, 6.45) is 0. The Bertz CT molecular complexity index is 469. The Morgan fingerprint density at radius 2 is 1.94 bits per heavy atom. The highest BCUT2D eigenvalue weighted by Crippen LogP contribution is 2.18. The van der Waals surface area contributed by atoms with Crippen LogP contribution in [0.25, 0.3) is 5.70 Å². The second-order valence-corrected chi connectivity index (χ2v) is 3.80. The maximum absolute atomic E-state index is 8.93. The van der Waals surface area contributed by atoms with Gasteiger partial charge in [0.15, 0.2) is 0 Å². The molecule has 0 bridgehead atoms. The molecule has 0 radical (unpaired) electrons. The van der Waals surface area contributed by atoms with Crippen molar-refractivity contribution in [3.8, 4) is 11.8 Å². The maximum atomic E-state index is 8.93. The Morgan fingerprint density at radius 3 is 2.31 bits per heavy atom. The predicted octanol–water partition coefficient (Wildman–Crippen LogP) is 2.28. The largest absolute Gasteiger partial charge is 0.497 e. The van der Waals surface area contributed by atoms with E-state index in [0.29, 0.717) is 16.1 Å². The van der Waals surface area contributed by atoms with Gasteiger partial charge < -0.3 is 10.5 Å². The van der Waals surface area contributed by atoms with Crippen LogP contribution >= 0.6 is 12.2 Å². The Kier molecular flexibility index (Phi) is 4.03. The van der Waals surface area contributed by atoms with Crippen LogP contribution in [-0.4, -0.2) is 12.0 Å². The molecule has 82 valence electrons. The molecule has 0 aliphatic heterocycles. The number of hydrogen-bond acceptors (Lipinski definition) is 4. The van der Waals surface area contributed by atoms with Gasteiger partial charge in [0.05, 0.1) is 18.4 Å². The van der Waals surface area contributed by atoms with Gasteiger partial charge in [0, 0.05) is 4.86 Å². The lowest BCUT2D eigenvalue weighted by Crippen LogP contribution is -2.05. The molecule has 0 saturated carbocycles. The normalized spacial score (nSPS) is 11.3. The van der Waals surface area contributed by atoms with E-state index in [1.165, 1.54) is 0 Å². The van der Waals surface area contributed by atoms with Gasteiger partial charge in [-0.1, -0.05) is 12.2 Å². The summed E-state index contributed by atoms with van der Waals surface area (Å²) in [5.41, 5.74) is 7.38. The first-order valence-electron chi connectivity index (χ1n) is 4.65. The number of allylic oxidation sites excluding steroid dienone is 1. The zero-order valence-electron chi connectivity index (χ0n) is 9.15. The van der Waals surface area contributed by atoms with E-state index in [9.17, 15) is 0 Å². The van der Waals surface area contributed by atoms with Crippen LogP contribution in [0.2, 0.25) is 0 Å². The van der Waals surface area contributed by atoms with E-state index in [-0.39, 0.29) is 0 Å². The minimum Gasteiger partial charge on any atom is -0.497 e. The third-order valence-corrected chi connectivity index (χ3v) is 2.34. The highest BCUT2D eigenvalue weighted by Gasteiger charge is 2.07. The molecule has 0 aliphatic carbocycles. The Balaban J connectivity index is 3.18. The lowest BCUT2D eigenvalue weighted by atomic mass is 10.1. The lowest BCUT2D eigenvalue weighted by molar-refractivity contribution is 0.415. The van der Waals surface area contributed by atoms with Crippen molar-refractivity contribution < 1.29 is 4.74 Å². The fraction of sp³-hybridized carbons (Fsp3) is 0.167. The lowest BCUT2D eigenvalue weighted by Gasteiger charge is -2.06. The van der Waals surface area contributed by atoms with Gasteiger partial charge in [-0.05, 0) is 36.8 Å². The monoisotopic (exact) mass is 232 g/mol. The highest BCUT2D eigenvalue weighted by atomic mass is 32.1. The highest BCUT2D eigenvalue weighted by molar-refractivity contribution is 7.80. The summed E-state index contributed by atoms with van der Waals surface area (Å²) in [6, 6.07) is 9.18. The summed E-state index contributed by atoms with van der Waals surface area (Å²) in [5, 5.41) is 8.93. The van der Waals surface area contributed by atoms with Crippen LogP contribution in [0.3, 0.4) is 0 Å². The number of hydrogen-bond donors (Lipinski definition) is 1. The fourth-order valence-electron chi connectivity index (χ4n) is 1.24. The third-order valence-electron chi connectivity index (χ3n) is 2.13. The quantitative estimate of drug-likeness (QED) is 0.493. The molecule has 16 heavy (non-hydrogen) atoms. The van der Waals surface area contributed by atoms with Crippen LogP contribution in [-0.2, 0) is 0 Å². The van der Waals surface area contributed by atoms with Gasteiger partial charge in [0.2, 0.25) is 0 Å². The average molecular weight is 232 g/mol. The van der Waals surface area contributed by atoms with E-state index >= 15 is 0 Å². The third kappa shape index (κ3) is 2.59. The molecule has 0 fully saturated rings. The van der Waals surface area contributed by atoms with Crippen LogP contribution in [0, 0.1) is 11.3 Å². The summed E-state index contributed by atoms with van der Waals surface area (Å²) in [5.74, 6) is 0.745. The van der Waals surface area contributed by atoms with E-state index in [2.05, 4.69) is 0 Å². The van der Waals surface area contributed by atoms with Gasteiger partial charge in [-0.15, -0.1) is 0 Å². The zero-order chi connectivity index (χ0) is 12.1.